The zero-order chi connectivity index (χ0) is 26.4. The molecule has 7 heteroatoms. The number of ether oxygens (including phenoxy) is 4. The molecule has 2 bridgehead atoms. The highest BCUT2D eigenvalue weighted by atomic mass is 16.6. The maximum atomic E-state index is 12.6. The van der Waals surface area contributed by atoms with Gasteiger partial charge in [-0.05, 0) is 51.4 Å². The van der Waals surface area contributed by atoms with Gasteiger partial charge in [-0.15, -0.1) is 0 Å². The molecule has 0 aromatic heterocycles. The molecule has 0 aromatic rings. The summed E-state index contributed by atoms with van der Waals surface area (Å²) in [6.07, 6.45) is 14.3. The summed E-state index contributed by atoms with van der Waals surface area (Å²) in [6.45, 7) is 8.98. The van der Waals surface area contributed by atoms with Gasteiger partial charge in [-0.25, -0.2) is 4.79 Å². The van der Waals surface area contributed by atoms with Crippen molar-refractivity contribution in [1.29, 1.82) is 0 Å². The number of esters is 1. The first kappa shape index (κ1) is 28.0. The van der Waals surface area contributed by atoms with Gasteiger partial charge in [-0.3, -0.25) is 0 Å². The third-order valence-corrected chi connectivity index (χ3v) is 7.44. The number of hydrogen-bond donors (Lipinski definition) is 2. The van der Waals surface area contributed by atoms with Crippen molar-refractivity contribution < 1.29 is 34.0 Å². The van der Waals surface area contributed by atoms with E-state index in [1.165, 1.54) is 11.6 Å². The molecule has 7 nitrogen and oxygen atoms in total. The van der Waals surface area contributed by atoms with Crippen LogP contribution in [0.3, 0.4) is 0 Å². The fourth-order valence-corrected chi connectivity index (χ4v) is 5.45. The molecule has 4 heterocycles. The molecule has 0 spiro atoms. The molecule has 204 valence electrons. The van der Waals surface area contributed by atoms with E-state index in [0.29, 0.717) is 25.4 Å². The van der Waals surface area contributed by atoms with Gasteiger partial charge in [-0.2, -0.15) is 0 Å². The fourth-order valence-electron chi connectivity index (χ4n) is 5.45. The number of aliphatic hydroxyl groups is 2. The normalized spacial score (nSPS) is 39.6. The summed E-state index contributed by atoms with van der Waals surface area (Å²) in [6, 6.07) is 0. The van der Waals surface area contributed by atoms with Crippen molar-refractivity contribution in [3.63, 3.8) is 0 Å². The number of carbonyl (C=O) groups is 1. The Balaban J connectivity index is 1.44. The maximum Gasteiger partial charge on any atom is 0.330 e. The van der Waals surface area contributed by atoms with Crippen LogP contribution in [0.5, 0.6) is 0 Å². The highest BCUT2D eigenvalue weighted by Gasteiger charge is 2.46. The van der Waals surface area contributed by atoms with Gasteiger partial charge in [0, 0.05) is 12.5 Å². The molecule has 1 fully saturated rings. The van der Waals surface area contributed by atoms with Crippen molar-refractivity contribution in [3.8, 4) is 0 Å². The minimum atomic E-state index is -1.03. The average Bonchev–Trinajstić information content (AvgIpc) is 3.61. The van der Waals surface area contributed by atoms with Gasteiger partial charge >= 0.3 is 5.97 Å². The van der Waals surface area contributed by atoms with Crippen LogP contribution in [0.2, 0.25) is 0 Å². The second-order valence-corrected chi connectivity index (χ2v) is 11.0. The number of epoxide rings is 1. The van der Waals surface area contributed by atoms with Crippen molar-refractivity contribution in [2.75, 3.05) is 6.61 Å². The van der Waals surface area contributed by atoms with Gasteiger partial charge in [0.1, 0.15) is 18.3 Å². The second kappa shape index (κ2) is 13.2. The Morgan fingerprint density at radius 3 is 2.78 bits per heavy atom. The molecule has 0 aromatic carbocycles. The van der Waals surface area contributed by atoms with Crippen LogP contribution in [0.4, 0.5) is 0 Å². The third kappa shape index (κ3) is 8.76. The lowest BCUT2D eigenvalue weighted by Gasteiger charge is -2.28. The molecule has 0 aliphatic carbocycles. The summed E-state index contributed by atoms with van der Waals surface area (Å²) in [5.41, 5.74) is 2.23. The molecule has 9 atom stereocenters. The number of hydrogen-bond acceptors (Lipinski definition) is 7. The van der Waals surface area contributed by atoms with Gasteiger partial charge < -0.3 is 29.2 Å². The zero-order valence-corrected chi connectivity index (χ0v) is 22.0. The topological polar surface area (TPSA) is 97.8 Å². The molecular formula is C30H42O7. The molecule has 2 N–H and O–H groups in total. The lowest BCUT2D eigenvalue weighted by atomic mass is 9.91. The van der Waals surface area contributed by atoms with Crippen LogP contribution >= 0.6 is 0 Å². The molecule has 0 amide bonds. The first-order valence-corrected chi connectivity index (χ1v) is 13.6. The summed E-state index contributed by atoms with van der Waals surface area (Å²) in [5.74, 6) is -0.141. The maximum absolute atomic E-state index is 12.6. The molecule has 0 unspecified atom stereocenters. The van der Waals surface area contributed by atoms with Crippen molar-refractivity contribution >= 4 is 5.97 Å². The molecule has 4 aliphatic heterocycles. The molecule has 37 heavy (non-hydrogen) atoms. The van der Waals surface area contributed by atoms with E-state index in [-0.39, 0.29) is 36.9 Å². The van der Waals surface area contributed by atoms with Crippen LogP contribution in [0.15, 0.2) is 60.3 Å². The Labute approximate surface area is 220 Å². The highest BCUT2D eigenvalue weighted by Crippen LogP contribution is 2.35. The summed E-state index contributed by atoms with van der Waals surface area (Å²) in [4.78, 5) is 12.6. The van der Waals surface area contributed by atoms with E-state index < -0.39 is 24.3 Å². The summed E-state index contributed by atoms with van der Waals surface area (Å²) < 4.78 is 23.4. The minimum absolute atomic E-state index is 0.0863. The predicted molar refractivity (Wildman–Crippen MR) is 141 cm³/mol. The van der Waals surface area contributed by atoms with Crippen molar-refractivity contribution in [1.82, 2.24) is 0 Å². The molecule has 4 aliphatic rings. The van der Waals surface area contributed by atoms with Gasteiger partial charge in [0.15, 0.2) is 0 Å². The van der Waals surface area contributed by atoms with Crippen LogP contribution < -0.4 is 0 Å². The van der Waals surface area contributed by atoms with E-state index in [9.17, 15) is 15.0 Å². The van der Waals surface area contributed by atoms with Crippen molar-refractivity contribution in [2.45, 2.75) is 108 Å². The lowest BCUT2D eigenvalue weighted by molar-refractivity contribution is -0.148. The van der Waals surface area contributed by atoms with E-state index in [4.69, 9.17) is 18.9 Å². The smallest absolute Gasteiger partial charge is 0.330 e. The Hall–Kier alpha value is -2.03. The van der Waals surface area contributed by atoms with Crippen LogP contribution in [0.1, 0.15) is 58.8 Å². The van der Waals surface area contributed by atoms with Gasteiger partial charge in [0.25, 0.3) is 0 Å². The number of rotatable bonds is 3. The van der Waals surface area contributed by atoms with Crippen LogP contribution in [-0.2, 0) is 23.7 Å². The number of aliphatic hydroxyl groups excluding tert-OH is 2. The number of fused-ring (bicyclic) bond motifs is 3. The van der Waals surface area contributed by atoms with E-state index in [1.54, 1.807) is 12.2 Å². The number of carbonyl (C=O) groups excluding carboxylic acids is 1. The predicted octanol–water partition coefficient (Wildman–Crippen LogP) is 4.11. The first-order valence-electron chi connectivity index (χ1n) is 13.6. The van der Waals surface area contributed by atoms with Crippen molar-refractivity contribution in [2.24, 2.45) is 5.92 Å². The van der Waals surface area contributed by atoms with Crippen LogP contribution in [0.25, 0.3) is 0 Å². The highest BCUT2D eigenvalue weighted by molar-refractivity contribution is 5.82. The average molecular weight is 515 g/mol. The monoisotopic (exact) mass is 514 g/mol. The fraction of sp³-hybridized carbons (Fsp3) is 0.633. The largest absolute Gasteiger partial charge is 0.456 e. The molecule has 4 rings (SSSR count). The SMILES string of the molecule is C=C1C[C@H](C)C[C@@H]2CC=C[C@@H](C/C=C/C(=O)O[C@H]([C@@H](O)/C=C/[C@@H]3CC(C)=CCO3)C[C@@H]3O[C@H]3[C@@H](O)C1)O2. The minimum Gasteiger partial charge on any atom is -0.456 e. The van der Waals surface area contributed by atoms with E-state index in [1.807, 2.05) is 18.2 Å². The zero-order valence-electron chi connectivity index (χ0n) is 22.0. The molecular weight excluding hydrogens is 472 g/mol. The Bertz CT molecular complexity index is 919. The molecule has 0 saturated carbocycles. The Kier molecular flexibility index (Phi) is 9.96. The standard InChI is InChI=1S/C30H42O7/c1-19-12-13-34-23(15-19)10-11-25(31)27-18-28-30(37-28)26(32)17-21(3)14-20(2)16-24-8-4-6-22(35-24)7-5-9-29(33)36-27/h4-6,9-12,20,22-28,30-32H,3,7-8,13-18H2,1-2H3/b9-5+,11-10+/t20-,22-,23+,24-,25-,26-,27-,28-,30-/m0/s1. The van der Waals surface area contributed by atoms with Gasteiger partial charge in [-0.1, -0.05) is 61.1 Å². The molecule has 0 radical (unpaired) electrons. The quantitative estimate of drug-likeness (QED) is 0.332. The number of cyclic esters (lactones) is 1. The van der Waals surface area contributed by atoms with E-state index in [0.717, 1.165) is 31.3 Å². The lowest BCUT2D eigenvalue weighted by Crippen LogP contribution is -2.32. The summed E-state index contributed by atoms with van der Waals surface area (Å²) in [5, 5.41) is 21.7. The summed E-state index contributed by atoms with van der Waals surface area (Å²) in [7, 11) is 0. The van der Waals surface area contributed by atoms with Gasteiger partial charge in [0.2, 0.25) is 0 Å². The van der Waals surface area contributed by atoms with E-state index in [2.05, 4.69) is 26.5 Å². The van der Waals surface area contributed by atoms with Gasteiger partial charge in [0.05, 0.1) is 37.1 Å². The third-order valence-electron chi connectivity index (χ3n) is 7.44. The van der Waals surface area contributed by atoms with Crippen LogP contribution in [0, 0.1) is 5.92 Å². The van der Waals surface area contributed by atoms with Crippen molar-refractivity contribution in [3.05, 3.63) is 60.3 Å². The first-order chi connectivity index (χ1) is 17.8. The van der Waals surface area contributed by atoms with Crippen LogP contribution in [-0.4, -0.2) is 71.6 Å². The second-order valence-electron chi connectivity index (χ2n) is 11.0. The summed E-state index contributed by atoms with van der Waals surface area (Å²) >= 11 is 0. The van der Waals surface area contributed by atoms with E-state index >= 15 is 0 Å². The Morgan fingerprint density at radius 2 is 1.97 bits per heavy atom. The Morgan fingerprint density at radius 1 is 1.14 bits per heavy atom. The molecule has 1 saturated heterocycles.